The van der Waals surface area contributed by atoms with Crippen molar-refractivity contribution < 1.29 is 14.3 Å². The second kappa shape index (κ2) is 5.35. The van der Waals surface area contributed by atoms with Gasteiger partial charge in [-0.3, -0.25) is 0 Å². The lowest BCUT2D eigenvalue weighted by atomic mass is 9.72. The van der Waals surface area contributed by atoms with E-state index in [1.807, 2.05) is 45.0 Å². The van der Waals surface area contributed by atoms with E-state index in [1.54, 1.807) is 7.11 Å². The minimum atomic E-state index is -0.483. The van der Waals surface area contributed by atoms with Crippen molar-refractivity contribution in [3.63, 3.8) is 0 Å². The molecule has 0 aromatic heterocycles. The third-order valence-electron chi connectivity index (χ3n) is 3.57. The summed E-state index contributed by atoms with van der Waals surface area (Å²) in [6, 6.07) is 7.87. The van der Waals surface area contributed by atoms with E-state index in [4.69, 9.17) is 9.47 Å². The fraction of sp³-hybridized carbons (Fsp3) is 0.562. The van der Waals surface area contributed by atoms with E-state index in [9.17, 15) is 4.79 Å². The Labute approximate surface area is 120 Å². The summed E-state index contributed by atoms with van der Waals surface area (Å²) >= 11 is 0. The summed E-state index contributed by atoms with van der Waals surface area (Å²) in [5, 5.41) is 3.04. The molecule has 4 nitrogen and oxygen atoms in total. The maximum Gasteiger partial charge on any atom is 0.408 e. The Morgan fingerprint density at radius 3 is 2.50 bits per heavy atom. The molecule has 4 heteroatoms. The number of hydrogen-bond donors (Lipinski definition) is 1. The molecule has 1 saturated carbocycles. The van der Waals surface area contributed by atoms with Crippen LogP contribution in [0.15, 0.2) is 24.3 Å². The molecule has 0 aliphatic heterocycles. The van der Waals surface area contributed by atoms with Crippen molar-refractivity contribution in [3.8, 4) is 5.75 Å². The Morgan fingerprint density at radius 1 is 1.30 bits per heavy atom. The van der Waals surface area contributed by atoms with Gasteiger partial charge in [-0.2, -0.15) is 0 Å². The van der Waals surface area contributed by atoms with Crippen LogP contribution in [0.3, 0.4) is 0 Å². The van der Waals surface area contributed by atoms with Crippen molar-refractivity contribution in [3.05, 3.63) is 29.8 Å². The van der Waals surface area contributed by atoms with E-state index >= 15 is 0 Å². The highest BCUT2D eigenvalue weighted by atomic mass is 16.6. The van der Waals surface area contributed by atoms with Crippen LogP contribution in [0, 0.1) is 0 Å². The molecule has 1 aromatic rings. The lowest BCUT2D eigenvalue weighted by Crippen LogP contribution is -2.52. The SMILES string of the molecule is COc1cccc(C2(NC(=O)OC(C)(C)C)CCC2)c1. The van der Waals surface area contributed by atoms with Gasteiger partial charge >= 0.3 is 6.09 Å². The maximum atomic E-state index is 12.0. The van der Waals surface area contributed by atoms with Crippen LogP contribution in [-0.2, 0) is 10.3 Å². The Morgan fingerprint density at radius 2 is 2.00 bits per heavy atom. The lowest BCUT2D eigenvalue weighted by Gasteiger charge is -2.43. The van der Waals surface area contributed by atoms with Gasteiger partial charge < -0.3 is 14.8 Å². The van der Waals surface area contributed by atoms with Gasteiger partial charge in [0.25, 0.3) is 0 Å². The first-order valence-corrected chi connectivity index (χ1v) is 7.00. The molecule has 20 heavy (non-hydrogen) atoms. The molecule has 1 N–H and O–H groups in total. The van der Waals surface area contributed by atoms with Crippen LogP contribution in [0.25, 0.3) is 0 Å². The molecular formula is C16H23NO3. The molecule has 2 rings (SSSR count). The number of rotatable bonds is 3. The normalized spacial score (nSPS) is 17.0. The highest BCUT2D eigenvalue weighted by molar-refractivity contribution is 5.69. The standard InChI is InChI=1S/C16H23NO3/c1-15(2,3)20-14(18)17-16(9-6-10-16)12-7-5-8-13(11-12)19-4/h5,7-8,11H,6,9-10H2,1-4H3,(H,17,18). The minimum Gasteiger partial charge on any atom is -0.497 e. The second-order valence-corrected chi connectivity index (χ2v) is 6.29. The van der Waals surface area contributed by atoms with E-state index in [0.717, 1.165) is 30.6 Å². The van der Waals surface area contributed by atoms with Crippen molar-refractivity contribution in [2.75, 3.05) is 7.11 Å². The fourth-order valence-corrected chi connectivity index (χ4v) is 2.44. The van der Waals surface area contributed by atoms with Crippen molar-refractivity contribution in [2.45, 2.75) is 51.2 Å². The van der Waals surface area contributed by atoms with Gasteiger partial charge in [0.1, 0.15) is 11.4 Å². The number of carbonyl (C=O) groups excluding carboxylic acids is 1. The van der Waals surface area contributed by atoms with Crippen LogP contribution >= 0.6 is 0 Å². The maximum absolute atomic E-state index is 12.0. The molecular weight excluding hydrogens is 254 g/mol. The molecule has 0 spiro atoms. The van der Waals surface area contributed by atoms with Crippen LogP contribution in [0.2, 0.25) is 0 Å². The summed E-state index contributed by atoms with van der Waals surface area (Å²) in [4.78, 5) is 12.0. The molecule has 0 unspecified atom stereocenters. The van der Waals surface area contributed by atoms with E-state index in [-0.39, 0.29) is 11.6 Å². The molecule has 0 atom stereocenters. The number of alkyl carbamates (subject to hydrolysis) is 1. The van der Waals surface area contributed by atoms with Gasteiger partial charge in [-0.1, -0.05) is 12.1 Å². The van der Waals surface area contributed by atoms with Gasteiger partial charge in [0, 0.05) is 0 Å². The molecule has 0 heterocycles. The van der Waals surface area contributed by atoms with Gasteiger partial charge in [-0.15, -0.1) is 0 Å². The topological polar surface area (TPSA) is 47.6 Å². The first-order chi connectivity index (χ1) is 9.35. The molecule has 1 aliphatic carbocycles. The number of nitrogens with one attached hydrogen (secondary N) is 1. The number of methoxy groups -OCH3 is 1. The summed E-state index contributed by atoms with van der Waals surface area (Å²) in [5.41, 5.74) is 0.286. The second-order valence-electron chi connectivity index (χ2n) is 6.29. The van der Waals surface area contributed by atoms with E-state index < -0.39 is 5.60 Å². The minimum absolute atomic E-state index is 0.309. The number of hydrogen-bond acceptors (Lipinski definition) is 3. The molecule has 1 aromatic carbocycles. The Hall–Kier alpha value is -1.71. The van der Waals surface area contributed by atoms with Gasteiger partial charge in [-0.25, -0.2) is 4.79 Å². The molecule has 110 valence electrons. The zero-order valence-corrected chi connectivity index (χ0v) is 12.7. The zero-order chi connectivity index (χ0) is 14.8. The number of amides is 1. The van der Waals surface area contributed by atoms with Gasteiger partial charge in [0.05, 0.1) is 12.6 Å². The highest BCUT2D eigenvalue weighted by Gasteiger charge is 2.41. The number of ether oxygens (including phenoxy) is 2. The number of benzene rings is 1. The molecule has 0 saturated heterocycles. The molecule has 0 radical (unpaired) electrons. The number of carbonyl (C=O) groups is 1. The van der Waals surface area contributed by atoms with E-state index in [1.165, 1.54) is 0 Å². The summed E-state index contributed by atoms with van der Waals surface area (Å²) in [6.45, 7) is 5.60. The molecule has 1 amide bonds. The van der Waals surface area contributed by atoms with Crippen LogP contribution in [0.4, 0.5) is 4.79 Å². The molecule has 1 fully saturated rings. The van der Waals surface area contributed by atoms with Crippen LogP contribution < -0.4 is 10.1 Å². The quantitative estimate of drug-likeness (QED) is 0.918. The monoisotopic (exact) mass is 277 g/mol. The highest BCUT2D eigenvalue weighted by Crippen LogP contribution is 2.42. The average Bonchev–Trinajstić information content (AvgIpc) is 2.31. The van der Waals surface area contributed by atoms with Crippen molar-refractivity contribution in [2.24, 2.45) is 0 Å². The predicted octanol–water partition coefficient (Wildman–Crippen LogP) is 3.60. The van der Waals surface area contributed by atoms with Crippen LogP contribution in [-0.4, -0.2) is 18.8 Å². The third-order valence-corrected chi connectivity index (χ3v) is 3.57. The predicted molar refractivity (Wildman–Crippen MR) is 77.9 cm³/mol. The summed E-state index contributed by atoms with van der Waals surface area (Å²) in [5.74, 6) is 0.805. The molecule has 1 aliphatic rings. The van der Waals surface area contributed by atoms with Gasteiger partial charge in [-0.05, 0) is 57.7 Å². The van der Waals surface area contributed by atoms with E-state index in [2.05, 4.69) is 5.32 Å². The summed E-state index contributed by atoms with van der Waals surface area (Å²) in [6.07, 6.45) is 2.60. The Bertz CT molecular complexity index is 487. The Kier molecular flexibility index (Phi) is 3.93. The smallest absolute Gasteiger partial charge is 0.408 e. The van der Waals surface area contributed by atoms with Crippen molar-refractivity contribution in [1.29, 1.82) is 0 Å². The van der Waals surface area contributed by atoms with Crippen LogP contribution in [0.1, 0.15) is 45.6 Å². The first kappa shape index (κ1) is 14.7. The summed E-state index contributed by atoms with van der Waals surface area (Å²) in [7, 11) is 1.65. The van der Waals surface area contributed by atoms with Gasteiger partial charge in [0.2, 0.25) is 0 Å². The summed E-state index contributed by atoms with van der Waals surface area (Å²) < 4.78 is 10.6. The molecule has 0 bridgehead atoms. The third kappa shape index (κ3) is 3.24. The van der Waals surface area contributed by atoms with Crippen LogP contribution in [0.5, 0.6) is 5.75 Å². The van der Waals surface area contributed by atoms with Crippen molar-refractivity contribution in [1.82, 2.24) is 5.32 Å². The zero-order valence-electron chi connectivity index (χ0n) is 12.7. The van der Waals surface area contributed by atoms with E-state index in [0.29, 0.717) is 0 Å². The first-order valence-electron chi connectivity index (χ1n) is 7.00. The average molecular weight is 277 g/mol. The Balaban J connectivity index is 2.15. The van der Waals surface area contributed by atoms with Crippen molar-refractivity contribution >= 4 is 6.09 Å². The largest absolute Gasteiger partial charge is 0.497 e. The van der Waals surface area contributed by atoms with Gasteiger partial charge in [0.15, 0.2) is 0 Å². The lowest BCUT2D eigenvalue weighted by molar-refractivity contribution is 0.0377. The fourth-order valence-electron chi connectivity index (χ4n) is 2.44.